The van der Waals surface area contributed by atoms with Crippen molar-refractivity contribution in [3.8, 4) is 6.07 Å². The van der Waals surface area contributed by atoms with E-state index in [2.05, 4.69) is 5.32 Å². The zero-order valence-electron chi connectivity index (χ0n) is 9.87. The fourth-order valence-corrected chi connectivity index (χ4v) is 4.68. The molecule has 7 nitrogen and oxygen atoms in total. The first-order valence-corrected chi connectivity index (χ1v) is 7.74. The Hall–Kier alpha value is -1.47. The molecule has 1 fully saturated rings. The van der Waals surface area contributed by atoms with Crippen LogP contribution in [-0.2, 0) is 14.8 Å². The molecule has 19 heavy (non-hydrogen) atoms. The summed E-state index contributed by atoms with van der Waals surface area (Å²) in [6.45, 7) is 0.834. The molecular weight excluding hydrogens is 288 g/mol. The van der Waals surface area contributed by atoms with Crippen LogP contribution in [0, 0.1) is 11.3 Å². The van der Waals surface area contributed by atoms with Gasteiger partial charge in [0.1, 0.15) is 21.2 Å². The number of nitrogens with one attached hydrogen (secondary N) is 1. The van der Waals surface area contributed by atoms with E-state index in [4.69, 9.17) is 11.0 Å². The highest BCUT2D eigenvalue weighted by atomic mass is 32.2. The van der Waals surface area contributed by atoms with Gasteiger partial charge in [0.25, 0.3) is 10.0 Å². The molecule has 1 saturated heterocycles. The normalized spacial score (nSPS) is 20.9. The van der Waals surface area contributed by atoms with Gasteiger partial charge in [0.2, 0.25) is 5.91 Å². The summed E-state index contributed by atoms with van der Waals surface area (Å²) in [4.78, 5) is 11.6. The Balaban J connectivity index is 2.37. The SMILES string of the molecule is N#Cc1ccc(S(=O)(=O)N2CCNCC2C(N)=O)s1. The maximum atomic E-state index is 12.4. The molecule has 3 N–H and O–H groups in total. The number of hydrogen-bond donors (Lipinski definition) is 2. The van der Waals surface area contributed by atoms with Crippen molar-refractivity contribution in [2.45, 2.75) is 10.3 Å². The molecule has 102 valence electrons. The predicted molar refractivity (Wildman–Crippen MR) is 68.8 cm³/mol. The van der Waals surface area contributed by atoms with Gasteiger partial charge in [0.15, 0.2) is 0 Å². The average Bonchev–Trinajstić information content (AvgIpc) is 2.88. The third-order valence-electron chi connectivity index (χ3n) is 2.78. The summed E-state index contributed by atoms with van der Waals surface area (Å²) in [6, 6.07) is 3.81. The van der Waals surface area contributed by atoms with E-state index in [9.17, 15) is 13.2 Å². The minimum atomic E-state index is -3.79. The molecule has 0 aromatic carbocycles. The van der Waals surface area contributed by atoms with Crippen LogP contribution in [0.4, 0.5) is 0 Å². The Morgan fingerprint density at radius 3 is 2.89 bits per heavy atom. The first-order valence-electron chi connectivity index (χ1n) is 5.48. The molecule has 1 amide bonds. The second kappa shape index (κ2) is 5.26. The fraction of sp³-hybridized carbons (Fsp3) is 0.400. The first-order chi connectivity index (χ1) is 8.96. The Morgan fingerprint density at radius 2 is 2.32 bits per heavy atom. The van der Waals surface area contributed by atoms with Crippen molar-refractivity contribution in [3.63, 3.8) is 0 Å². The third-order valence-corrected chi connectivity index (χ3v) is 6.14. The van der Waals surface area contributed by atoms with Gasteiger partial charge in [-0.1, -0.05) is 0 Å². The van der Waals surface area contributed by atoms with Crippen molar-refractivity contribution < 1.29 is 13.2 Å². The Bertz CT molecular complexity index is 631. The van der Waals surface area contributed by atoms with Crippen LogP contribution in [0.15, 0.2) is 16.3 Å². The van der Waals surface area contributed by atoms with Gasteiger partial charge in [-0.25, -0.2) is 8.42 Å². The van der Waals surface area contributed by atoms with E-state index in [-0.39, 0.29) is 17.3 Å². The van der Waals surface area contributed by atoms with Crippen LogP contribution in [0.3, 0.4) is 0 Å². The number of sulfonamides is 1. The predicted octanol–water partition coefficient (Wildman–Crippen LogP) is -0.932. The second-order valence-corrected chi connectivity index (χ2v) is 7.17. The van der Waals surface area contributed by atoms with Gasteiger partial charge in [-0.05, 0) is 12.1 Å². The van der Waals surface area contributed by atoms with Crippen molar-refractivity contribution in [1.29, 1.82) is 5.26 Å². The van der Waals surface area contributed by atoms with E-state index < -0.39 is 22.0 Å². The van der Waals surface area contributed by atoms with E-state index >= 15 is 0 Å². The number of rotatable bonds is 3. The average molecular weight is 300 g/mol. The van der Waals surface area contributed by atoms with Crippen LogP contribution in [0.2, 0.25) is 0 Å². The Labute approximate surface area is 114 Å². The van der Waals surface area contributed by atoms with E-state index in [1.54, 1.807) is 0 Å². The zero-order chi connectivity index (χ0) is 14.0. The van der Waals surface area contributed by atoms with E-state index in [1.165, 1.54) is 12.1 Å². The van der Waals surface area contributed by atoms with Crippen molar-refractivity contribution in [1.82, 2.24) is 9.62 Å². The van der Waals surface area contributed by atoms with Gasteiger partial charge in [-0.15, -0.1) is 11.3 Å². The summed E-state index contributed by atoms with van der Waals surface area (Å²) in [6.07, 6.45) is 0. The second-order valence-electron chi connectivity index (χ2n) is 3.97. The minimum absolute atomic E-state index is 0.0530. The van der Waals surface area contributed by atoms with Crippen LogP contribution < -0.4 is 11.1 Å². The number of nitriles is 1. The molecule has 2 rings (SSSR count). The van der Waals surface area contributed by atoms with Crippen LogP contribution >= 0.6 is 11.3 Å². The number of hydrogen-bond acceptors (Lipinski definition) is 6. The largest absolute Gasteiger partial charge is 0.368 e. The molecular formula is C10H12N4O3S2. The van der Waals surface area contributed by atoms with Crippen LogP contribution in [-0.4, -0.2) is 44.3 Å². The Kier molecular flexibility index (Phi) is 3.86. The number of carbonyl (C=O) groups is 1. The maximum Gasteiger partial charge on any atom is 0.253 e. The molecule has 1 aliphatic heterocycles. The summed E-state index contributed by atoms with van der Waals surface area (Å²) in [5.74, 6) is -0.687. The fourth-order valence-electron chi connectivity index (χ4n) is 1.85. The lowest BCUT2D eigenvalue weighted by atomic mass is 10.2. The van der Waals surface area contributed by atoms with Crippen LogP contribution in [0.1, 0.15) is 4.88 Å². The lowest BCUT2D eigenvalue weighted by Gasteiger charge is -2.32. The molecule has 1 unspecified atom stereocenters. The summed E-state index contributed by atoms with van der Waals surface area (Å²) in [7, 11) is -3.79. The molecule has 0 aliphatic carbocycles. The molecule has 0 saturated carbocycles. The molecule has 2 heterocycles. The van der Waals surface area contributed by atoms with Gasteiger partial charge in [0, 0.05) is 19.6 Å². The number of amides is 1. The standard InChI is InChI=1S/C10H12N4O3S2/c11-5-7-1-2-9(18-7)19(16,17)14-4-3-13-6-8(14)10(12)15/h1-2,8,13H,3-4,6H2,(H2,12,15). The number of nitrogens with zero attached hydrogens (tertiary/aromatic N) is 2. The lowest BCUT2D eigenvalue weighted by molar-refractivity contribution is -0.122. The summed E-state index contributed by atoms with van der Waals surface area (Å²) in [5, 5.41) is 11.7. The number of piperazine rings is 1. The monoisotopic (exact) mass is 300 g/mol. The van der Waals surface area contributed by atoms with E-state index in [1.807, 2.05) is 6.07 Å². The van der Waals surface area contributed by atoms with Crippen molar-refractivity contribution in [2.75, 3.05) is 19.6 Å². The minimum Gasteiger partial charge on any atom is -0.368 e. The van der Waals surface area contributed by atoms with Gasteiger partial charge >= 0.3 is 0 Å². The molecule has 1 atom stereocenters. The molecule has 1 aliphatic rings. The number of carbonyl (C=O) groups excluding carboxylic acids is 1. The quantitative estimate of drug-likeness (QED) is 0.748. The first kappa shape index (κ1) is 14.0. The molecule has 0 spiro atoms. The summed E-state index contributed by atoms with van der Waals surface area (Å²) < 4.78 is 26.0. The van der Waals surface area contributed by atoms with E-state index in [0.717, 1.165) is 15.6 Å². The lowest BCUT2D eigenvalue weighted by Crippen LogP contribution is -2.58. The van der Waals surface area contributed by atoms with Crippen LogP contribution in [0.5, 0.6) is 0 Å². The smallest absolute Gasteiger partial charge is 0.253 e. The van der Waals surface area contributed by atoms with Gasteiger partial charge < -0.3 is 11.1 Å². The van der Waals surface area contributed by atoms with Crippen molar-refractivity contribution in [3.05, 3.63) is 17.0 Å². The number of thiophene rings is 1. The molecule has 1 aromatic rings. The van der Waals surface area contributed by atoms with Crippen molar-refractivity contribution in [2.24, 2.45) is 5.73 Å². The van der Waals surface area contributed by atoms with Crippen molar-refractivity contribution >= 4 is 27.3 Å². The van der Waals surface area contributed by atoms with Crippen LogP contribution in [0.25, 0.3) is 0 Å². The topological polar surface area (TPSA) is 116 Å². The third kappa shape index (κ3) is 2.62. The molecule has 0 bridgehead atoms. The summed E-state index contributed by atoms with van der Waals surface area (Å²) >= 11 is 0.884. The highest BCUT2D eigenvalue weighted by Gasteiger charge is 2.37. The Morgan fingerprint density at radius 1 is 1.58 bits per heavy atom. The van der Waals surface area contributed by atoms with Gasteiger partial charge in [-0.2, -0.15) is 9.57 Å². The molecule has 1 aromatic heterocycles. The number of nitrogens with two attached hydrogens (primary N) is 1. The van der Waals surface area contributed by atoms with Gasteiger partial charge in [-0.3, -0.25) is 4.79 Å². The summed E-state index contributed by atoms with van der Waals surface area (Å²) in [5.41, 5.74) is 5.23. The van der Waals surface area contributed by atoms with E-state index in [0.29, 0.717) is 11.4 Å². The number of primary amides is 1. The highest BCUT2D eigenvalue weighted by Crippen LogP contribution is 2.26. The zero-order valence-corrected chi connectivity index (χ0v) is 11.5. The molecule has 9 heteroatoms. The van der Waals surface area contributed by atoms with Gasteiger partial charge in [0.05, 0.1) is 0 Å². The maximum absolute atomic E-state index is 12.4. The highest BCUT2D eigenvalue weighted by molar-refractivity contribution is 7.91. The molecule has 0 radical (unpaired) electrons.